The average Bonchev–Trinajstić information content (AvgIpc) is 3.28. The summed E-state index contributed by atoms with van der Waals surface area (Å²) in [4.78, 5) is 29.1. The molecule has 0 radical (unpaired) electrons. The lowest BCUT2D eigenvalue weighted by Crippen LogP contribution is -2.19. The SMILES string of the molecule is Cc1cc(Sc2cnc(OCCN(C)C)cn2)cc(C)c1-c1csc(NC(=O)c2ccccc2)n1. The molecule has 180 valence electrons. The molecule has 0 aliphatic carbocycles. The number of likely N-dealkylation sites (N-methyl/N-ethyl adjacent to an activating group) is 1. The van der Waals surface area contributed by atoms with Crippen molar-refractivity contribution in [2.45, 2.75) is 23.8 Å². The fraction of sp³-hybridized carbons (Fsp3) is 0.231. The lowest BCUT2D eigenvalue weighted by Gasteiger charge is -2.11. The van der Waals surface area contributed by atoms with Crippen LogP contribution in [0.25, 0.3) is 11.3 Å². The summed E-state index contributed by atoms with van der Waals surface area (Å²) in [6.07, 6.45) is 3.39. The summed E-state index contributed by atoms with van der Waals surface area (Å²) in [6.45, 7) is 5.54. The van der Waals surface area contributed by atoms with E-state index in [1.54, 1.807) is 36.3 Å². The Labute approximate surface area is 213 Å². The van der Waals surface area contributed by atoms with E-state index in [9.17, 15) is 4.79 Å². The summed E-state index contributed by atoms with van der Waals surface area (Å²) < 4.78 is 5.62. The summed E-state index contributed by atoms with van der Waals surface area (Å²) in [5.41, 5.74) is 4.74. The molecule has 0 spiro atoms. The van der Waals surface area contributed by atoms with E-state index < -0.39 is 0 Å². The maximum Gasteiger partial charge on any atom is 0.257 e. The Morgan fingerprint density at radius 2 is 1.83 bits per heavy atom. The van der Waals surface area contributed by atoms with E-state index in [1.807, 2.05) is 37.7 Å². The lowest BCUT2D eigenvalue weighted by molar-refractivity contribution is 0.102. The topological polar surface area (TPSA) is 80.2 Å². The number of benzene rings is 2. The van der Waals surface area contributed by atoms with Crippen molar-refractivity contribution in [3.8, 4) is 17.1 Å². The molecule has 0 aliphatic heterocycles. The quantitative estimate of drug-likeness (QED) is 0.319. The Morgan fingerprint density at radius 3 is 2.49 bits per heavy atom. The molecule has 2 heterocycles. The normalized spacial score (nSPS) is 11.0. The Morgan fingerprint density at radius 1 is 1.09 bits per heavy atom. The molecule has 1 N–H and O–H groups in total. The van der Waals surface area contributed by atoms with Crippen molar-refractivity contribution in [3.05, 3.63) is 76.9 Å². The molecule has 2 aromatic heterocycles. The standard InChI is InChI=1S/C26H27N5O2S2/c1-17-12-20(35-23-15-27-22(14-28-23)33-11-10-31(3)4)13-18(2)24(17)21-16-34-26(29-21)30-25(32)19-8-6-5-7-9-19/h5-9,12-16H,10-11H2,1-4H3,(H,29,30,32). The third kappa shape index (κ3) is 6.66. The van der Waals surface area contributed by atoms with Crippen LogP contribution < -0.4 is 10.1 Å². The number of anilines is 1. The highest BCUT2D eigenvalue weighted by atomic mass is 32.2. The minimum Gasteiger partial charge on any atom is -0.475 e. The number of rotatable bonds is 9. The number of carbonyl (C=O) groups is 1. The van der Waals surface area contributed by atoms with Gasteiger partial charge in [-0.3, -0.25) is 10.1 Å². The second-order valence-corrected chi connectivity index (χ2v) is 10.2. The molecule has 2 aromatic carbocycles. The predicted molar refractivity (Wildman–Crippen MR) is 142 cm³/mol. The van der Waals surface area contributed by atoms with E-state index in [1.165, 1.54) is 11.3 Å². The molecule has 0 bridgehead atoms. The van der Waals surface area contributed by atoms with E-state index >= 15 is 0 Å². The average molecular weight is 506 g/mol. The van der Waals surface area contributed by atoms with E-state index in [0.717, 1.165) is 38.9 Å². The number of aromatic nitrogens is 3. The minimum absolute atomic E-state index is 0.165. The highest BCUT2D eigenvalue weighted by molar-refractivity contribution is 7.99. The molecule has 7 nitrogen and oxygen atoms in total. The Hall–Kier alpha value is -3.27. The second kappa shape index (κ2) is 11.4. The number of ether oxygens (including phenoxy) is 1. The summed E-state index contributed by atoms with van der Waals surface area (Å²) in [5, 5.41) is 6.25. The van der Waals surface area contributed by atoms with E-state index in [4.69, 9.17) is 4.74 Å². The largest absolute Gasteiger partial charge is 0.475 e. The van der Waals surface area contributed by atoms with E-state index in [2.05, 4.69) is 51.1 Å². The van der Waals surface area contributed by atoms with Gasteiger partial charge in [0.1, 0.15) is 11.6 Å². The Balaban J connectivity index is 1.43. The molecular formula is C26H27N5O2S2. The summed E-state index contributed by atoms with van der Waals surface area (Å²) in [7, 11) is 4.00. The lowest BCUT2D eigenvalue weighted by atomic mass is 10.0. The molecule has 4 rings (SSSR count). The van der Waals surface area contributed by atoms with Crippen LogP contribution in [-0.4, -0.2) is 53.0 Å². The molecule has 35 heavy (non-hydrogen) atoms. The Kier molecular flexibility index (Phi) is 8.12. The van der Waals surface area contributed by atoms with Gasteiger partial charge in [-0.15, -0.1) is 11.3 Å². The zero-order chi connectivity index (χ0) is 24.8. The van der Waals surface area contributed by atoms with E-state index in [-0.39, 0.29) is 5.91 Å². The summed E-state index contributed by atoms with van der Waals surface area (Å²) in [5.74, 6) is 0.361. The van der Waals surface area contributed by atoms with Crippen LogP contribution in [0.4, 0.5) is 5.13 Å². The zero-order valence-electron chi connectivity index (χ0n) is 20.1. The van der Waals surface area contributed by atoms with Crippen LogP contribution in [0.5, 0.6) is 5.88 Å². The second-order valence-electron chi connectivity index (χ2n) is 8.24. The van der Waals surface area contributed by atoms with Crippen LogP contribution in [0.2, 0.25) is 0 Å². The third-order valence-corrected chi connectivity index (χ3v) is 6.79. The van der Waals surface area contributed by atoms with Gasteiger partial charge in [0, 0.05) is 27.9 Å². The van der Waals surface area contributed by atoms with Crippen LogP contribution in [0.3, 0.4) is 0 Å². The molecule has 0 fully saturated rings. The molecule has 0 unspecified atom stereocenters. The first-order valence-corrected chi connectivity index (χ1v) is 12.8. The molecule has 1 amide bonds. The summed E-state index contributed by atoms with van der Waals surface area (Å²) >= 11 is 2.98. The van der Waals surface area contributed by atoms with Crippen LogP contribution in [0, 0.1) is 13.8 Å². The third-order valence-electron chi connectivity index (χ3n) is 5.14. The van der Waals surface area contributed by atoms with Gasteiger partial charge in [-0.05, 0) is 63.3 Å². The van der Waals surface area contributed by atoms with Gasteiger partial charge in [0.05, 0.1) is 18.1 Å². The Bertz CT molecular complexity index is 1270. The van der Waals surface area contributed by atoms with Crippen molar-refractivity contribution >= 4 is 34.1 Å². The number of hydrogen-bond donors (Lipinski definition) is 1. The van der Waals surface area contributed by atoms with E-state index in [0.29, 0.717) is 23.2 Å². The van der Waals surface area contributed by atoms with Crippen LogP contribution in [-0.2, 0) is 0 Å². The zero-order valence-corrected chi connectivity index (χ0v) is 21.7. The number of amides is 1. The first kappa shape index (κ1) is 24.8. The highest BCUT2D eigenvalue weighted by Gasteiger charge is 2.14. The number of thiazole rings is 1. The number of nitrogens with one attached hydrogen (secondary N) is 1. The van der Waals surface area contributed by atoms with Gasteiger partial charge in [0.15, 0.2) is 5.13 Å². The molecule has 4 aromatic rings. The van der Waals surface area contributed by atoms with Crippen LogP contribution in [0.1, 0.15) is 21.5 Å². The monoisotopic (exact) mass is 505 g/mol. The van der Waals surface area contributed by atoms with Crippen LogP contribution >= 0.6 is 23.1 Å². The first-order valence-electron chi connectivity index (χ1n) is 11.1. The van der Waals surface area contributed by atoms with Crippen molar-refractivity contribution in [1.29, 1.82) is 0 Å². The smallest absolute Gasteiger partial charge is 0.257 e. The minimum atomic E-state index is -0.165. The van der Waals surface area contributed by atoms with Crippen LogP contribution in [0.15, 0.2) is 70.2 Å². The van der Waals surface area contributed by atoms with Crippen molar-refractivity contribution in [1.82, 2.24) is 19.9 Å². The maximum absolute atomic E-state index is 12.4. The number of carbonyl (C=O) groups excluding carboxylic acids is 1. The van der Waals surface area contributed by atoms with Gasteiger partial charge < -0.3 is 9.64 Å². The summed E-state index contributed by atoms with van der Waals surface area (Å²) in [6, 6.07) is 13.4. The highest BCUT2D eigenvalue weighted by Crippen LogP contribution is 2.35. The van der Waals surface area contributed by atoms with Crippen molar-refractivity contribution in [2.24, 2.45) is 0 Å². The number of nitrogens with zero attached hydrogens (tertiary/aromatic N) is 4. The van der Waals surface area contributed by atoms with Crippen molar-refractivity contribution in [2.75, 3.05) is 32.6 Å². The van der Waals surface area contributed by atoms with Gasteiger partial charge in [0.25, 0.3) is 5.91 Å². The molecule has 0 saturated carbocycles. The molecule has 9 heteroatoms. The van der Waals surface area contributed by atoms with Gasteiger partial charge in [-0.1, -0.05) is 30.0 Å². The molecule has 0 atom stereocenters. The molecule has 0 aliphatic rings. The number of aryl methyl sites for hydroxylation is 2. The van der Waals surface area contributed by atoms with Gasteiger partial charge in [-0.25, -0.2) is 15.0 Å². The number of hydrogen-bond acceptors (Lipinski definition) is 8. The molecule has 0 saturated heterocycles. The molecular weight excluding hydrogens is 478 g/mol. The van der Waals surface area contributed by atoms with Gasteiger partial charge >= 0.3 is 0 Å². The first-order chi connectivity index (χ1) is 16.9. The maximum atomic E-state index is 12.4. The van der Waals surface area contributed by atoms with Crippen molar-refractivity contribution in [3.63, 3.8) is 0 Å². The fourth-order valence-electron chi connectivity index (χ4n) is 3.48. The van der Waals surface area contributed by atoms with Crippen molar-refractivity contribution < 1.29 is 9.53 Å². The predicted octanol–water partition coefficient (Wildman–Crippen LogP) is 5.56. The fourth-order valence-corrected chi connectivity index (χ4v) is 5.10. The van der Waals surface area contributed by atoms with Gasteiger partial charge in [0.2, 0.25) is 5.88 Å². The van der Waals surface area contributed by atoms with Gasteiger partial charge in [-0.2, -0.15) is 0 Å².